The Morgan fingerprint density at radius 2 is 1.42 bits per heavy atom. The number of methoxy groups -OCH3 is 2. The lowest BCUT2D eigenvalue weighted by atomic mass is 9.89. The Hall–Kier alpha value is -5.52. The van der Waals surface area contributed by atoms with Gasteiger partial charge in [0.1, 0.15) is 12.1 Å². The number of ether oxygens (including phenoxy) is 4. The van der Waals surface area contributed by atoms with E-state index in [1.54, 1.807) is 68.1 Å². The molecule has 6 N–H and O–H groups in total. The fraction of sp³-hybridized carbons (Fsp3) is 0.719. The molecule has 1 aromatic rings. The zero-order chi connectivity index (χ0) is 59.5. The lowest BCUT2D eigenvalue weighted by Gasteiger charge is -2.41. The average Bonchev–Trinajstić information content (AvgIpc) is 3.87. The summed E-state index contributed by atoms with van der Waals surface area (Å²) < 4.78 is 22.5. The minimum absolute atomic E-state index is 0.0109. The van der Waals surface area contributed by atoms with Gasteiger partial charge in [-0.15, -0.1) is 0 Å². The van der Waals surface area contributed by atoms with Crippen molar-refractivity contribution < 1.29 is 67.2 Å². The first-order chi connectivity index (χ1) is 37.3. The van der Waals surface area contributed by atoms with Gasteiger partial charge in [0.2, 0.25) is 35.4 Å². The molecule has 2 rings (SSSR count). The third-order valence-corrected chi connectivity index (χ3v) is 14.2. The van der Waals surface area contributed by atoms with E-state index in [4.69, 9.17) is 28.9 Å². The number of nitrogens with one attached hydrogen (secondary N) is 5. The highest BCUT2D eigenvalue weighted by atomic mass is 16.6. The lowest BCUT2D eigenvalue weighted by molar-refractivity contribution is -0.148. The highest BCUT2D eigenvalue weighted by Gasteiger charge is 2.43. The van der Waals surface area contributed by atoms with Crippen LogP contribution < -0.4 is 26.7 Å². The van der Waals surface area contributed by atoms with Crippen molar-refractivity contribution in [3.8, 4) is 0 Å². The van der Waals surface area contributed by atoms with Gasteiger partial charge in [-0.05, 0) is 81.6 Å². The first-order valence-corrected chi connectivity index (χ1v) is 27.8. The molecule has 1 aliphatic heterocycles. The molecule has 79 heavy (non-hydrogen) atoms. The lowest BCUT2D eigenvalue weighted by Crippen LogP contribution is -2.59. The number of benzene rings is 1. The van der Waals surface area contributed by atoms with Crippen molar-refractivity contribution >= 4 is 53.0 Å². The molecule has 0 bridgehead atoms. The van der Waals surface area contributed by atoms with Crippen LogP contribution in [0.5, 0.6) is 0 Å². The molecule has 1 aliphatic rings. The summed E-state index contributed by atoms with van der Waals surface area (Å²) in [5, 5.41) is 20.1. The van der Waals surface area contributed by atoms with Gasteiger partial charge in [0.25, 0.3) is 5.91 Å². The molecule has 1 saturated heterocycles. The zero-order valence-corrected chi connectivity index (χ0v) is 49.8. The molecule has 22 heteroatoms. The maximum Gasteiger partial charge on any atom is 0.305 e. The third-order valence-electron chi connectivity index (χ3n) is 14.2. The Bertz CT molecular complexity index is 2100. The molecule has 22 nitrogen and oxygen atoms in total. The predicted octanol–water partition coefficient (Wildman–Crippen LogP) is 4.31. The summed E-state index contributed by atoms with van der Waals surface area (Å²) in [5.74, 6) is -4.10. The number of hydrogen-bond donors (Lipinski definition) is 6. The van der Waals surface area contributed by atoms with E-state index in [0.717, 1.165) is 0 Å². The van der Waals surface area contributed by atoms with E-state index < -0.39 is 72.2 Å². The van der Waals surface area contributed by atoms with Crippen LogP contribution in [-0.4, -0.2) is 184 Å². The van der Waals surface area contributed by atoms with Gasteiger partial charge in [0, 0.05) is 52.0 Å². The largest absolute Gasteiger partial charge is 0.481 e. The van der Waals surface area contributed by atoms with E-state index >= 15 is 0 Å². The average molecular weight is 1120 g/mol. The van der Waals surface area contributed by atoms with Gasteiger partial charge < -0.3 is 55.1 Å². The minimum atomic E-state index is -0.954. The third kappa shape index (κ3) is 24.0. The van der Waals surface area contributed by atoms with E-state index in [9.17, 15) is 38.4 Å². The fourth-order valence-corrected chi connectivity index (χ4v) is 9.81. The second kappa shape index (κ2) is 36.0. The second-order valence-corrected chi connectivity index (χ2v) is 21.9. The summed E-state index contributed by atoms with van der Waals surface area (Å²) in [4.78, 5) is 116. The quantitative estimate of drug-likeness (QED) is 0.0308. The van der Waals surface area contributed by atoms with Crippen molar-refractivity contribution in [2.24, 2.45) is 29.6 Å². The number of carbonyl (C=O) groups is 8. The molecule has 7 amide bonds. The molecule has 0 radical (unpaired) electrons. The van der Waals surface area contributed by atoms with Crippen LogP contribution in [0.2, 0.25) is 0 Å². The van der Waals surface area contributed by atoms with Crippen LogP contribution in [0.4, 0.5) is 5.69 Å². The second-order valence-electron chi connectivity index (χ2n) is 21.9. The van der Waals surface area contributed by atoms with Gasteiger partial charge in [-0.2, -0.15) is 0 Å². The topological polar surface area (TPSA) is 273 Å². The number of anilines is 1. The van der Waals surface area contributed by atoms with Crippen molar-refractivity contribution in [1.29, 1.82) is 0 Å². The molecule has 1 fully saturated rings. The maximum atomic E-state index is 14.4. The van der Waals surface area contributed by atoms with E-state index in [0.29, 0.717) is 43.5 Å². The number of likely N-dealkylation sites (N-methyl/N-ethyl adjacent to an activating group) is 2. The summed E-state index contributed by atoms with van der Waals surface area (Å²) in [6.45, 7) is 20.2. The van der Waals surface area contributed by atoms with E-state index in [1.165, 1.54) is 13.2 Å². The molecule has 0 saturated carbocycles. The number of amides is 7. The highest BCUT2D eigenvalue weighted by Crippen LogP contribution is 2.30. The molecule has 0 spiro atoms. The van der Waals surface area contributed by atoms with Crippen LogP contribution in [0.1, 0.15) is 120 Å². The van der Waals surface area contributed by atoms with Gasteiger partial charge in [-0.1, -0.05) is 86.9 Å². The first-order valence-electron chi connectivity index (χ1n) is 27.8. The summed E-state index contributed by atoms with van der Waals surface area (Å²) in [7, 11) is 8.47. The van der Waals surface area contributed by atoms with E-state index in [2.05, 4.69) is 26.7 Å². The van der Waals surface area contributed by atoms with E-state index in [1.807, 2.05) is 74.4 Å². The number of hydrogen-bond acceptors (Lipinski definition) is 14. The normalized spacial score (nSPS) is 17.2. The summed E-state index contributed by atoms with van der Waals surface area (Å²) in [5.41, 5.74) is 3.57. The van der Waals surface area contributed by atoms with E-state index in [-0.39, 0.29) is 106 Å². The molecule has 1 heterocycles. The number of carbonyl (C=O) groups excluding carboxylic acids is 7. The van der Waals surface area contributed by atoms with Gasteiger partial charge in [-0.25, -0.2) is 5.48 Å². The molecular formula is C57H96N8O14. The molecule has 0 unspecified atom stereocenters. The SMILES string of the molecule is CC[C@H](C)[C@@H]([C@@H](CC(=O)N1CCC[C@H]1[C@H](OC)[C@@H](C)C(=O)N[C@H](/C=C/C(=O)NOCc1ccc(NC(=O)[C@@H](C)NC(=O)CCOCCOCCC(=O)O)cc1)CC(C)C)OC)N(C)C(=O)[C@@H](NC(=O)[C@H](C(C)C)N(C)C)C(C)C. The molecule has 10 atom stereocenters. The number of nitrogens with zero attached hydrogens (tertiary/aromatic N) is 3. The number of aliphatic carboxylic acids is 1. The van der Waals surface area contributed by atoms with Gasteiger partial charge >= 0.3 is 5.97 Å². The summed E-state index contributed by atoms with van der Waals surface area (Å²) >= 11 is 0. The molecule has 0 aromatic heterocycles. The number of likely N-dealkylation sites (tertiary alicyclic amines) is 1. The predicted molar refractivity (Wildman–Crippen MR) is 300 cm³/mol. The number of carboxylic acid groups (broad SMARTS) is 1. The van der Waals surface area contributed by atoms with Gasteiger partial charge in [0.15, 0.2) is 0 Å². The number of hydroxylamine groups is 1. The van der Waals surface area contributed by atoms with Crippen LogP contribution in [0.15, 0.2) is 36.4 Å². The Balaban J connectivity index is 2.02. The number of rotatable bonds is 37. The Kier molecular flexibility index (Phi) is 31.7. The van der Waals surface area contributed by atoms with Crippen molar-refractivity contribution in [2.75, 3.05) is 73.7 Å². The highest BCUT2D eigenvalue weighted by molar-refractivity contribution is 5.97. The summed E-state index contributed by atoms with van der Waals surface area (Å²) in [6.07, 6.45) is 4.02. The van der Waals surface area contributed by atoms with Crippen molar-refractivity contribution in [2.45, 2.75) is 169 Å². The molecule has 0 aliphatic carbocycles. The maximum absolute atomic E-state index is 14.4. The van der Waals surface area contributed by atoms with Gasteiger partial charge in [0.05, 0.1) is 82.1 Å². The zero-order valence-electron chi connectivity index (χ0n) is 49.8. The minimum Gasteiger partial charge on any atom is -0.481 e. The Labute approximate surface area is 469 Å². The molecule has 1 aromatic carbocycles. The smallest absolute Gasteiger partial charge is 0.305 e. The van der Waals surface area contributed by atoms with Crippen LogP contribution >= 0.6 is 0 Å². The monoisotopic (exact) mass is 1120 g/mol. The standard InChI is InChI=1S/C57H96N8O14/c1-16-38(8)52(64(13)57(74)50(36(4)5)61-56(73)51(37(6)7)63(11)12)45(75-14)33-48(68)65-27-17-18-44(65)53(76-15)39(9)54(71)60-43(32-35(2)3)23-24-47(67)62-79-34-41-19-21-42(22-20-41)59-55(72)40(10)58-46(66)25-28-77-30-31-78-29-26-49(69)70/h19-24,35-40,43-45,50-53H,16-18,25-34H2,1-15H3,(H,58,66)(H,59,72)(H,60,71)(H,61,73)(H,62,67)(H,69,70)/b24-23+/t38-,39+,40+,43+,44-,45+,50-,51-,52-,53+/m0/s1. The van der Waals surface area contributed by atoms with Crippen molar-refractivity contribution in [3.05, 3.63) is 42.0 Å². The van der Waals surface area contributed by atoms with Crippen molar-refractivity contribution in [3.63, 3.8) is 0 Å². The van der Waals surface area contributed by atoms with Gasteiger partial charge in [-0.3, -0.25) is 48.1 Å². The van der Waals surface area contributed by atoms with Crippen LogP contribution in [-0.2, 0) is 68.7 Å². The first kappa shape index (κ1) is 69.6. The van der Waals surface area contributed by atoms with Crippen molar-refractivity contribution in [1.82, 2.24) is 36.1 Å². The van der Waals surface area contributed by atoms with Crippen LogP contribution in [0.3, 0.4) is 0 Å². The fourth-order valence-electron chi connectivity index (χ4n) is 9.81. The van der Waals surface area contributed by atoms with Crippen LogP contribution in [0, 0.1) is 29.6 Å². The molecule has 448 valence electrons. The summed E-state index contributed by atoms with van der Waals surface area (Å²) in [6, 6.07) is 3.23. The van der Waals surface area contributed by atoms with Crippen LogP contribution in [0.25, 0.3) is 0 Å². The Morgan fingerprint density at radius 3 is 1.96 bits per heavy atom. The number of carboxylic acids is 1. The molecular weight excluding hydrogens is 1020 g/mol. The Morgan fingerprint density at radius 1 is 0.785 bits per heavy atom.